The van der Waals surface area contributed by atoms with E-state index in [2.05, 4.69) is 20.9 Å². The molecule has 0 aliphatic rings. The lowest BCUT2D eigenvalue weighted by atomic mass is 10.2. The first-order valence-electron chi connectivity index (χ1n) is 5.04. The normalized spacial score (nSPS) is 10.4. The number of rotatable bonds is 4. The molecule has 0 radical (unpaired) electrons. The molecule has 3 nitrogen and oxygen atoms in total. The van der Waals surface area contributed by atoms with Crippen molar-refractivity contribution >= 4 is 44.7 Å². The van der Waals surface area contributed by atoms with Gasteiger partial charge < -0.3 is 4.74 Å². The molecule has 18 heavy (non-hydrogen) atoms. The molecule has 1 aromatic heterocycles. The van der Waals surface area contributed by atoms with Gasteiger partial charge in [0.1, 0.15) is 16.5 Å². The van der Waals surface area contributed by atoms with E-state index in [4.69, 9.17) is 16.3 Å². The molecular formula is C12H9BrClNO2S. The molecule has 6 heteroatoms. The van der Waals surface area contributed by atoms with E-state index < -0.39 is 0 Å². The van der Waals surface area contributed by atoms with Crippen LogP contribution in [-0.4, -0.2) is 23.8 Å². The van der Waals surface area contributed by atoms with Crippen LogP contribution >= 0.6 is 38.9 Å². The lowest BCUT2D eigenvalue weighted by Gasteiger charge is -2.04. The average molecular weight is 347 g/mol. The van der Waals surface area contributed by atoms with Gasteiger partial charge in [-0.1, -0.05) is 15.9 Å². The number of Topliss-reactive ketones (excluding diaryl/α,β-unsaturated/α-hetero) is 1. The Labute approximate surface area is 122 Å². The van der Waals surface area contributed by atoms with Crippen molar-refractivity contribution in [2.75, 3.05) is 13.0 Å². The standard InChI is InChI=1S/C12H9BrClNO2S/c1-17-7-2-3-9(13)8(4-7)12-15-10(6-18-12)11(16)5-14/h2-4,6H,5H2,1H3. The van der Waals surface area contributed by atoms with E-state index in [1.165, 1.54) is 11.3 Å². The summed E-state index contributed by atoms with van der Waals surface area (Å²) in [6.07, 6.45) is 0. The number of ketones is 1. The topological polar surface area (TPSA) is 39.2 Å². The number of methoxy groups -OCH3 is 1. The Bertz CT molecular complexity index is 585. The maximum Gasteiger partial charge on any atom is 0.196 e. The van der Waals surface area contributed by atoms with Crippen molar-refractivity contribution < 1.29 is 9.53 Å². The molecule has 0 bridgehead atoms. The summed E-state index contributed by atoms with van der Waals surface area (Å²) in [5.41, 5.74) is 1.30. The maximum atomic E-state index is 11.4. The van der Waals surface area contributed by atoms with Crippen LogP contribution in [0.1, 0.15) is 10.5 Å². The zero-order chi connectivity index (χ0) is 13.1. The second-order valence-corrected chi connectivity index (χ2v) is 5.42. The number of aromatic nitrogens is 1. The van der Waals surface area contributed by atoms with E-state index in [1.807, 2.05) is 18.2 Å². The maximum absolute atomic E-state index is 11.4. The van der Waals surface area contributed by atoms with E-state index in [0.717, 1.165) is 20.8 Å². The predicted molar refractivity (Wildman–Crippen MR) is 76.9 cm³/mol. The van der Waals surface area contributed by atoms with Gasteiger partial charge in [-0.2, -0.15) is 0 Å². The van der Waals surface area contributed by atoms with Crippen molar-refractivity contribution in [2.45, 2.75) is 0 Å². The summed E-state index contributed by atoms with van der Waals surface area (Å²) in [4.78, 5) is 15.7. The van der Waals surface area contributed by atoms with Crippen LogP contribution in [0.4, 0.5) is 0 Å². The number of benzene rings is 1. The molecule has 0 saturated carbocycles. The highest BCUT2D eigenvalue weighted by Gasteiger charge is 2.13. The number of carbonyl (C=O) groups excluding carboxylic acids is 1. The Morgan fingerprint density at radius 1 is 1.56 bits per heavy atom. The van der Waals surface area contributed by atoms with Crippen LogP contribution in [0, 0.1) is 0 Å². The molecule has 1 aromatic carbocycles. The third-order valence-electron chi connectivity index (χ3n) is 2.32. The molecule has 0 saturated heterocycles. The third-order valence-corrected chi connectivity index (χ3v) is 4.12. The monoisotopic (exact) mass is 345 g/mol. The van der Waals surface area contributed by atoms with Crippen LogP contribution in [0.3, 0.4) is 0 Å². The van der Waals surface area contributed by atoms with E-state index >= 15 is 0 Å². The highest BCUT2D eigenvalue weighted by molar-refractivity contribution is 9.10. The van der Waals surface area contributed by atoms with E-state index in [9.17, 15) is 4.79 Å². The first-order valence-corrected chi connectivity index (χ1v) is 7.25. The van der Waals surface area contributed by atoms with Crippen molar-refractivity contribution in [2.24, 2.45) is 0 Å². The number of thiazole rings is 1. The minimum absolute atomic E-state index is 0.0531. The molecule has 1 heterocycles. The fraction of sp³-hybridized carbons (Fsp3) is 0.167. The Kier molecular flexibility index (Phi) is 4.37. The molecule has 0 fully saturated rings. The van der Waals surface area contributed by atoms with Gasteiger partial charge in [-0.15, -0.1) is 22.9 Å². The SMILES string of the molecule is COc1ccc(Br)c(-c2nc(C(=O)CCl)cs2)c1. The number of halogens is 2. The minimum Gasteiger partial charge on any atom is -0.497 e. The van der Waals surface area contributed by atoms with Crippen molar-refractivity contribution in [3.63, 3.8) is 0 Å². The van der Waals surface area contributed by atoms with Crippen LogP contribution < -0.4 is 4.74 Å². The van der Waals surface area contributed by atoms with E-state index in [0.29, 0.717) is 5.69 Å². The summed E-state index contributed by atoms with van der Waals surface area (Å²) in [6, 6.07) is 5.61. The van der Waals surface area contributed by atoms with Gasteiger partial charge in [-0.3, -0.25) is 4.79 Å². The molecule has 2 rings (SSSR count). The van der Waals surface area contributed by atoms with Gasteiger partial charge in [-0.05, 0) is 18.2 Å². The zero-order valence-electron chi connectivity index (χ0n) is 9.44. The van der Waals surface area contributed by atoms with Crippen LogP contribution in [0.15, 0.2) is 28.1 Å². The first kappa shape index (κ1) is 13.5. The Hall–Kier alpha value is -0.910. The fourth-order valence-corrected chi connectivity index (χ4v) is 2.95. The molecular weight excluding hydrogens is 338 g/mol. The summed E-state index contributed by atoms with van der Waals surface area (Å²) in [6.45, 7) is 0. The van der Waals surface area contributed by atoms with Gasteiger partial charge in [0.25, 0.3) is 0 Å². The van der Waals surface area contributed by atoms with Gasteiger partial charge in [0.15, 0.2) is 5.78 Å². The van der Waals surface area contributed by atoms with Crippen molar-refractivity contribution in [3.8, 4) is 16.3 Å². The van der Waals surface area contributed by atoms with Gasteiger partial charge in [0, 0.05) is 15.4 Å². The van der Waals surface area contributed by atoms with Crippen LogP contribution in [-0.2, 0) is 0 Å². The van der Waals surface area contributed by atoms with Gasteiger partial charge >= 0.3 is 0 Å². The van der Waals surface area contributed by atoms with Gasteiger partial charge in [0.05, 0.1) is 13.0 Å². The van der Waals surface area contributed by atoms with Crippen LogP contribution in [0.25, 0.3) is 10.6 Å². The lowest BCUT2D eigenvalue weighted by Crippen LogP contribution is -2.00. The summed E-state index contributed by atoms with van der Waals surface area (Å²) in [5, 5.41) is 2.47. The number of hydrogen-bond acceptors (Lipinski definition) is 4. The van der Waals surface area contributed by atoms with Crippen molar-refractivity contribution in [1.29, 1.82) is 0 Å². The predicted octanol–water partition coefficient (Wildman–Crippen LogP) is 4.00. The fourth-order valence-electron chi connectivity index (χ4n) is 1.39. The summed E-state index contributed by atoms with van der Waals surface area (Å²) in [7, 11) is 1.61. The zero-order valence-corrected chi connectivity index (χ0v) is 12.6. The highest BCUT2D eigenvalue weighted by Crippen LogP contribution is 2.33. The molecule has 0 unspecified atom stereocenters. The number of hydrogen-bond donors (Lipinski definition) is 0. The second kappa shape index (κ2) is 5.82. The third kappa shape index (κ3) is 2.74. The second-order valence-electron chi connectivity index (χ2n) is 3.44. The van der Waals surface area contributed by atoms with Crippen molar-refractivity contribution in [1.82, 2.24) is 4.98 Å². The van der Waals surface area contributed by atoms with Crippen LogP contribution in [0.5, 0.6) is 5.75 Å². The molecule has 0 amide bonds. The van der Waals surface area contributed by atoms with E-state index in [-0.39, 0.29) is 11.7 Å². The molecule has 0 aliphatic heterocycles. The minimum atomic E-state index is -0.168. The molecule has 0 atom stereocenters. The van der Waals surface area contributed by atoms with Crippen LogP contribution in [0.2, 0.25) is 0 Å². The molecule has 94 valence electrons. The number of nitrogens with zero attached hydrogens (tertiary/aromatic N) is 1. The Morgan fingerprint density at radius 2 is 2.33 bits per heavy atom. The largest absolute Gasteiger partial charge is 0.497 e. The van der Waals surface area contributed by atoms with Crippen molar-refractivity contribution in [3.05, 3.63) is 33.7 Å². The summed E-state index contributed by atoms with van der Waals surface area (Å²) < 4.78 is 6.08. The number of alkyl halides is 1. The molecule has 0 spiro atoms. The molecule has 2 aromatic rings. The van der Waals surface area contributed by atoms with Gasteiger partial charge in [-0.25, -0.2) is 4.98 Å². The Balaban J connectivity index is 2.42. The summed E-state index contributed by atoms with van der Waals surface area (Å²) in [5.74, 6) is 0.523. The number of carbonyl (C=O) groups is 1. The first-order chi connectivity index (χ1) is 8.65. The number of ether oxygens (including phenoxy) is 1. The average Bonchev–Trinajstić information content (AvgIpc) is 2.88. The molecule has 0 N–H and O–H groups in total. The van der Waals surface area contributed by atoms with Gasteiger partial charge in [0.2, 0.25) is 0 Å². The highest BCUT2D eigenvalue weighted by atomic mass is 79.9. The van der Waals surface area contributed by atoms with E-state index in [1.54, 1.807) is 12.5 Å². The smallest absolute Gasteiger partial charge is 0.196 e. The lowest BCUT2D eigenvalue weighted by molar-refractivity contribution is 0.101. The Morgan fingerprint density at radius 3 is 3.00 bits per heavy atom. The molecule has 0 aliphatic carbocycles. The summed E-state index contributed by atoms with van der Waals surface area (Å²) >= 11 is 10.4. The quantitative estimate of drug-likeness (QED) is 0.620.